The highest BCUT2D eigenvalue weighted by atomic mass is 16.5. The molecule has 0 spiro atoms. The fourth-order valence-electron chi connectivity index (χ4n) is 3.73. The molecular formula is C20H31NO2. The van der Waals surface area contributed by atoms with Gasteiger partial charge in [-0.15, -0.1) is 0 Å². The number of rotatable bonds is 6. The van der Waals surface area contributed by atoms with Crippen molar-refractivity contribution in [2.45, 2.75) is 59.9 Å². The minimum absolute atomic E-state index is 0.124. The van der Waals surface area contributed by atoms with Crippen molar-refractivity contribution in [3.05, 3.63) is 29.3 Å². The lowest BCUT2D eigenvalue weighted by atomic mass is 9.76. The molecule has 1 atom stereocenters. The average molecular weight is 317 g/mol. The Morgan fingerprint density at radius 1 is 1.35 bits per heavy atom. The number of ether oxygens (including phenoxy) is 1. The molecule has 0 saturated carbocycles. The van der Waals surface area contributed by atoms with E-state index in [2.05, 4.69) is 32.6 Å². The van der Waals surface area contributed by atoms with Gasteiger partial charge in [-0.25, -0.2) is 0 Å². The molecule has 1 unspecified atom stereocenters. The van der Waals surface area contributed by atoms with E-state index in [9.17, 15) is 4.79 Å². The number of aryl methyl sites for hydroxylation is 1. The second-order valence-corrected chi connectivity index (χ2v) is 7.28. The smallest absolute Gasteiger partial charge is 0.160 e. The molecule has 1 fully saturated rings. The highest BCUT2D eigenvalue weighted by molar-refractivity contribution is 5.95. The van der Waals surface area contributed by atoms with E-state index in [-0.39, 0.29) is 11.2 Å². The predicted molar refractivity (Wildman–Crippen MR) is 95.4 cm³/mol. The first kappa shape index (κ1) is 18.0. The van der Waals surface area contributed by atoms with Gasteiger partial charge in [-0.1, -0.05) is 27.7 Å². The highest BCUT2D eigenvalue weighted by Gasteiger charge is 2.37. The van der Waals surface area contributed by atoms with Crippen LogP contribution in [0, 0.1) is 5.41 Å². The second kappa shape index (κ2) is 7.48. The van der Waals surface area contributed by atoms with Crippen LogP contribution >= 0.6 is 0 Å². The van der Waals surface area contributed by atoms with Crippen LogP contribution in [-0.4, -0.2) is 36.4 Å². The van der Waals surface area contributed by atoms with Crippen LogP contribution in [0.25, 0.3) is 0 Å². The van der Waals surface area contributed by atoms with Gasteiger partial charge in [0.05, 0.1) is 0 Å². The molecule has 1 heterocycles. The third-order valence-corrected chi connectivity index (χ3v) is 5.26. The third-order valence-electron chi connectivity index (χ3n) is 5.26. The Labute approximate surface area is 141 Å². The Morgan fingerprint density at radius 2 is 2.09 bits per heavy atom. The zero-order valence-electron chi connectivity index (χ0n) is 15.3. The Balaban J connectivity index is 2.11. The molecule has 1 aliphatic rings. The zero-order chi connectivity index (χ0) is 17.0. The first-order valence-corrected chi connectivity index (χ1v) is 8.89. The summed E-state index contributed by atoms with van der Waals surface area (Å²) < 4.78 is 6.14. The van der Waals surface area contributed by atoms with Gasteiger partial charge in [0.25, 0.3) is 0 Å². The number of carbonyl (C=O) groups excluding carboxylic acids is 1. The highest BCUT2D eigenvalue weighted by Crippen LogP contribution is 2.35. The largest absolute Gasteiger partial charge is 0.492 e. The van der Waals surface area contributed by atoms with E-state index >= 15 is 0 Å². The van der Waals surface area contributed by atoms with Crippen LogP contribution in [0.4, 0.5) is 0 Å². The quantitative estimate of drug-likeness (QED) is 0.731. The van der Waals surface area contributed by atoms with Crippen LogP contribution < -0.4 is 4.74 Å². The molecule has 0 amide bonds. The summed E-state index contributed by atoms with van der Waals surface area (Å²) >= 11 is 0. The summed E-state index contributed by atoms with van der Waals surface area (Å²) in [5, 5.41) is 0. The van der Waals surface area contributed by atoms with Gasteiger partial charge in [0.15, 0.2) is 5.78 Å². The van der Waals surface area contributed by atoms with E-state index in [1.165, 1.54) is 12.8 Å². The van der Waals surface area contributed by atoms with Gasteiger partial charge in [0.2, 0.25) is 0 Å². The standard InChI is InChI=1S/C20H31NO2/c1-6-16-13-17(9-10-18(16)15(3)22)23-14-19-20(4,5)11-8-12-21(19)7-2/h9-10,13,19H,6-8,11-12,14H2,1-5H3. The topological polar surface area (TPSA) is 29.5 Å². The molecular weight excluding hydrogens is 286 g/mol. The normalized spacial score (nSPS) is 21.2. The van der Waals surface area contributed by atoms with Crippen LogP contribution in [0.5, 0.6) is 5.75 Å². The number of likely N-dealkylation sites (tertiary alicyclic amines) is 1. The molecule has 128 valence electrons. The predicted octanol–water partition coefficient (Wildman–Crippen LogP) is 4.34. The minimum Gasteiger partial charge on any atom is -0.492 e. The van der Waals surface area contributed by atoms with E-state index in [1.54, 1.807) is 6.92 Å². The second-order valence-electron chi connectivity index (χ2n) is 7.28. The molecule has 23 heavy (non-hydrogen) atoms. The fraction of sp³-hybridized carbons (Fsp3) is 0.650. The van der Waals surface area contributed by atoms with Crippen LogP contribution in [0.1, 0.15) is 63.4 Å². The lowest BCUT2D eigenvalue weighted by Crippen LogP contribution is -2.52. The SMILES string of the molecule is CCc1cc(OCC2N(CC)CCCC2(C)C)ccc1C(C)=O. The summed E-state index contributed by atoms with van der Waals surface area (Å²) in [6, 6.07) is 6.31. The van der Waals surface area contributed by atoms with Gasteiger partial charge in [0, 0.05) is 11.6 Å². The van der Waals surface area contributed by atoms with Gasteiger partial charge >= 0.3 is 0 Å². The summed E-state index contributed by atoms with van der Waals surface area (Å²) in [5.74, 6) is 1.00. The van der Waals surface area contributed by atoms with Crippen molar-refractivity contribution in [1.29, 1.82) is 0 Å². The molecule has 1 aromatic carbocycles. The Bertz CT molecular complexity index is 551. The third kappa shape index (κ3) is 4.14. The average Bonchev–Trinajstić information content (AvgIpc) is 2.52. The monoisotopic (exact) mass is 317 g/mol. The minimum atomic E-state index is 0.124. The number of Topliss-reactive ketones (excluding diaryl/α,β-unsaturated/α-hetero) is 1. The number of hydrogen-bond donors (Lipinski definition) is 0. The van der Waals surface area contributed by atoms with Crippen molar-refractivity contribution in [3.63, 3.8) is 0 Å². The van der Waals surface area contributed by atoms with Crippen molar-refractivity contribution in [1.82, 2.24) is 4.90 Å². The number of ketones is 1. The first-order valence-electron chi connectivity index (χ1n) is 8.89. The maximum atomic E-state index is 11.7. The van der Waals surface area contributed by atoms with Crippen molar-refractivity contribution >= 4 is 5.78 Å². The van der Waals surface area contributed by atoms with E-state index in [1.807, 2.05) is 18.2 Å². The lowest BCUT2D eigenvalue weighted by Gasteiger charge is -2.46. The maximum absolute atomic E-state index is 11.7. The van der Waals surface area contributed by atoms with Gasteiger partial charge in [-0.05, 0) is 68.5 Å². The van der Waals surface area contributed by atoms with Gasteiger partial charge in [0.1, 0.15) is 12.4 Å². The van der Waals surface area contributed by atoms with Crippen molar-refractivity contribution in [2.75, 3.05) is 19.7 Å². The molecule has 1 aliphatic heterocycles. The van der Waals surface area contributed by atoms with Gasteiger partial charge in [-0.3, -0.25) is 9.69 Å². The molecule has 0 N–H and O–H groups in total. The van der Waals surface area contributed by atoms with Gasteiger partial charge < -0.3 is 4.74 Å². The first-order chi connectivity index (χ1) is 10.9. The molecule has 3 heteroatoms. The molecule has 2 rings (SSSR count). The molecule has 3 nitrogen and oxygen atoms in total. The fourth-order valence-corrected chi connectivity index (χ4v) is 3.73. The Morgan fingerprint density at radius 3 is 2.70 bits per heavy atom. The van der Waals surface area contributed by atoms with E-state index in [0.717, 1.165) is 36.4 Å². The molecule has 0 radical (unpaired) electrons. The molecule has 0 bridgehead atoms. The Kier molecular flexibility index (Phi) is 5.85. The van der Waals surface area contributed by atoms with Crippen molar-refractivity contribution < 1.29 is 9.53 Å². The lowest BCUT2D eigenvalue weighted by molar-refractivity contribution is 0.0112. The summed E-state index contributed by atoms with van der Waals surface area (Å²) in [6.45, 7) is 13.6. The molecule has 1 aromatic rings. The molecule has 0 aromatic heterocycles. The Hall–Kier alpha value is -1.35. The van der Waals surface area contributed by atoms with Crippen LogP contribution in [0.3, 0.4) is 0 Å². The number of hydrogen-bond acceptors (Lipinski definition) is 3. The number of benzene rings is 1. The zero-order valence-corrected chi connectivity index (χ0v) is 15.3. The van der Waals surface area contributed by atoms with Crippen LogP contribution in [0.2, 0.25) is 0 Å². The van der Waals surface area contributed by atoms with Crippen molar-refractivity contribution in [3.8, 4) is 5.75 Å². The van der Waals surface area contributed by atoms with Crippen LogP contribution in [-0.2, 0) is 6.42 Å². The van der Waals surface area contributed by atoms with E-state index < -0.39 is 0 Å². The summed E-state index contributed by atoms with van der Waals surface area (Å²) in [7, 11) is 0. The summed E-state index contributed by atoms with van der Waals surface area (Å²) in [4.78, 5) is 14.2. The number of nitrogens with zero attached hydrogens (tertiary/aromatic N) is 1. The molecule has 1 saturated heterocycles. The maximum Gasteiger partial charge on any atom is 0.160 e. The number of piperidine rings is 1. The van der Waals surface area contributed by atoms with Gasteiger partial charge in [-0.2, -0.15) is 0 Å². The summed E-state index contributed by atoms with van der Waals surface area (Å²) in [6.07, 6.45) is 3.37. The van der Waals surface area contributed by atoms with E-state index in [4.69, 9.17) is 4.74 Å². The summed E-state index contributed by atoms with van der Waals surface area (Å²) in [5.41, 5.74) is 2.17. The number of likely N-dealkylation sites (N-methyl/N-ethyl adjacent to an activating group) is 1. The van der Waals surface area contributed by atoms with Crippen molar-refractivity contribution in [2.24, 2.45) is 5.41 Å². The van der Waals surface area contributed by atoms with Crippen LogP contribution in [0.15, 0.2) is 18.2 Å². The van der Waals surface area contributed by atoms with E-state index in [0.29, 0.717) is 12.6 Å². The number of carbonyl (C=O) groups is 1. The molecule has 0 aliphatic carbocycles.